The number of amides is 1. The summed E-state index contributed by atoms with van der Waals surface area (Å²) in [5.41, 5.74) is 0. The summed E-state index contributed by atoms with van der Waals surface area (Å²) in [4.78, 5) is 12.9. The Morgan fingerprint density at radius 3 is 2.04 bits per heavy atom. The van der Waals surface area contributed by atoms with Crippen LogP contribution in [0.15, 0.2) is 29.2 Å². The topological polar surface area (TPSA) is 66.5 Å². The van der Waals surface area contributed by atoms with Crippen molar-refractivity contribution in [3.63, 3.8) is 0 Å². The Kier molecular flexibility index (Phi) is 5.01. The van der Waals surface area contributed by atoms with Gasteiger partial charge in [-0.25, -0.2) is 8.42 Å². The first-order chi connectivity index (χ1) is 12.4. The van der Waals surface area contributed by atoms with E-state index in [4.69, 9.17) is 11.6 Å². The van der Waals surface area contributed by atoms with E-state index >= 15 is 0 Å². The summed E-state index contributed by atoms with van der Waals surface area (Å²) in [7, 11) is -3.51. The van der Waals surface area contributed by atoms with Gasteiger partial charge in [0.1, 0.15) is 0 Å². The van der Waals surface area contributed by atoms with Crippen LogP contribution in [0.1, 0.15) is 38.5 Å². The van der Waals surface area contributed by atoms with Crippen LogP contribution < -0.4 is 5.32 Å². The zero-order chi connectivity index (χ0) is 18.3. The molecule has 3 fully saturated rings. The molecule has 1 N–H and O–H groups in total. The van der Waals surface area contributed by atoms with Gasteiger partial charge in [0.05, 0.1) is 4.90 Å². The van der Waals surface area contributed by atoms with Crippen molar-refractivity contribution >= 4 is 27.5 Å². The number of hydrogen-bond donors (Lipinski definition) is 1. The molecule has 3 aliphatic rings. The lowest BCUT2D eigenvalue weighted by atomic mass is 9.96. The van der Waals surface area contributed by atoms with Crippen molar-refractivity contribution in [2.75, 3.05) is 13.1 Å². The van der Waals surface area contributed by atoms with Gasteiger partial charge in [0.2, 0.25) is 15.9 Å². The Hall–Kier alpha value is -1.11. The molecule has 0 unspecified atom stereocenters. The molecule has 0 radical (unpaired) electrons. The number of hydrogen-bond acceptors (Lipinski definition) is 3. The highest BCUT2D eigenvalue weighted by molar-refractivity contribution is 7.89. The van der Waals surface area contributed by atoms with E-state index in [9.17, 15) is 13.2 Å². The molecule has 5 nitrogen and oxygen atoms in total. The van der Waals surface area contributed by atoms with E-state index < -0.39 is 10.0 Å². The number of carbonyl (C=O) groups is 1. The third-order valence-corrected chi connectivity index (χ3v) is 8.01. The molecule has 142 valence electrons. The molecule has 7 heteroatoms. The predicted molar refractivity (Wildman–Crippen MR) is 100 cm³/mol. The standard InChI is InChI=1S/C19H25ClN2O3S/c20-16-5-7-17(8-6-16)26(24,25)22-11-9-15(10-12-22)19(23)21-18(13-1-2-13)14-3-4-14/h5-8,13-15,18H,1-4,9-12H2,(H,21,23). The van der Waals surface area contributed by atoms with Crippen molar-refractivity contribution in [2.24, 2.45) is 17.8 Å². The summed E-state index contributed by atoms with van der Waals surface area (Å²) in [6.07, 6.45) is 6.11. The van der Waals surface area contributed by atoms with E-state index in [-0.39, 0.29) is 16.7 Å². The molecule has 2 aliphatic carbocycles. The lowest BCUT2D eigenvalue weighted by molar-refractivity contribution is -0.127. The number of nitrogens with zero attached hydrogens (tertiary/aromatic N) is 1. The second-order valence-corrected chi connectivity index (χ2v) is 10.2. The summed E-state index contributed by atoms with van der Waals surface area (Å²) in [6, 6.07) is 6.60. The summed E-state index contributed by atoms with van der Waals surface area (Å²) >= 11 is 5.84. The molecule has 1 heterocycles. The smallest absolute Gasteiger partial charge is 0.243 e. The molecule has 0 bridgehead atoms. The average Bonchev–Trinajstić information content (AvgIpc) is 3.54. The molecular weight excluding hydrogens is 372 g/mol. The average molecular weight is 397 g/mol. The maximum Gasteiger partial charge on any atom is 0.243 e. The predicted octanol–water partition coefficient (Wildman–Crippen LogP) is 3.05. The quantitative estimate of drug-likeness (QED) is 0.803. The highest BCUT2D eigenvalue weighted by Gasteiger charge is 2.43. The van der Waals surface area contributed by atoms with Gasteiger partial charge in [-0.3, -0.25) is 4.79 Å². The molecule has 0 aromatic heterocycles. The SMILES string of the molecule is O=C(NC(C1CC1)C1CC1)C1CCN(S(=O)(=O)c2ccc(Cl)cc2)CC1. The number of sulfonamides is 1. The normalized spacial score (nSPS) is 22.5. The minimum Gasteiger partial charge on any atom is -0.353 e. The zero-order valence-electron chi connectivity index (χ0n) is 14.7. The minimum absolute atomic E-state index is 0.0772. The number of piperidine rings is 1. The second-order valence-electron chi connectivity index (χ2n) is 7.84. The second kappa shape index (κ2) is 7.13. The van der Waals surface area contributed by atoms with E-state index in [0.29, 0.717) is 48.8 Å². The van der Waals surface area contributed by atoms with Crippen LogP contribution in [0.3, 0.4) is 0 Å². The van der Waals surface area contributed by atoms with Gasteiger partial charge in [-0.1, -0.05) is 11.6 Å². The van der Waals surface area contributed by atoms with Crippen LogP contribution in [-0.2, 0) is 14.8 Å². The largest absolute Gasteiger partial charge is 0.353 e. The number of rotatable bonds is 6. The first kappa shape index (κ1) is 18.3. The fourth-order valence-electron chi connectivity index (χ4n) is 3.93. The molecule has 1 saturated heterocycles. The van der Waals surface area contributed by atoms with E-state index in [1.54, 1.807) is 12.1 Å². The first-order valence-corrected chi connectivity index (χ1v) is 11.3. The lowest BCUT2D eigenvalue weighted by Crippen LogP contribution is -2.46. The highest BCUT2D eigenvalue weighted by atomic mass is 35.5. The Balaban J connectivity index is 1.34. The van der Waals surface area contributed by atoms with Gasteiger partial charge in [-0.05, 0) is 74.6 Å². The van der Waals surface area contributed by atoms with E-state index in [1.807, 2.05) is 0 Å². The van der Waals surface area contributed by atoms with Gasteiger partial charge in [-0.15, -0.1) is 0 Å². The Labute approximate surface area is 160 Å². The molecule has 1 aliphatic heterocycles. The van der Waals surface area contributed by atoms with Crippen molar-refractivity contribution < 1.29 is 13.2 Å². The van der Waals surface area contributed by atoms with Crippen molar-refractivity contribution in [3.05, 3.63) is 29.3 Å². The van der Waals surface area contributed by atoms with E-state index in [2.05, 4.69) is 5.32 Å². The fraction of sp³-hybridized carbons (Fsp3) is 0.632. The Bertz CT molecular complexity index is 752. The van der Waals surface area contributed by atoms with Crippen LogP contribution in [-0.4, -0.2) is 37.8 Å². The van der Waals surface area contributed by atoms with Crippen LogP contribution in [0.2, 0.25) is 5.02 Å². The van der Waals surface area contributed by atoms with Crippen LogP contribution in [0, 0.1) is 17.8 Å². The van der Waals surface area contributed by atoms with Crippen molar-refractivity contribution in [1.29, 1.82) is 0 Å². The van der Waals surface area contributed by atoms with Gasteiger partial charge in [-0.2, -0.15) is 4.31 Å². The fourth-order valence-corrected chi connectivity index (χ4v) is 5.52. The molecule has 2 saturated carbocycles. The molecule has 1 aromatic carbocycles. The van der Waals surface area contributed by atoms with Gasteiger partial charge >= 0.3 is 0 Å². The van der Waals surface area contributed by atoms with Gasteiger partial charge in [0.25, 0.3) is 0 Å². The van der Waals surface area contributed by atoms with Gasteiger partial charge < -0.3 is 5.32 Å². The van der Waals surface area contributed by atoms with Crippen LogP contribution in [0.5, 0.6) is 0 Å². The highest BCUT2D eigenvalue weighted by Crippen LogP contribution is 2.44. The van der Waals surface area contributed by atoms with Crippen LogP contribution in [0.4, 0.5) is 0 Å². The number of nitrogens with one attached hydrogen (secondary N) is 1. The molecule has 1 amide bonds. The molecule has 0 spiro atoms. The number of benzene rings is 1. The van der Waals surface area contributed by atoms with Crippen LogP contribution >= 0.6 is 11.6 Å². The number of halogens is 1. The Morgan fingerprint density at radius 1 is 1.00 bits per heavy atom. The van der Waals surface area contributed by atoms with E-state index in [0.717, 1.165) is 0 Å². The monoisotopic (exact) mass is 396 g/mol. The maximum atomic E-state index is 12.7. The summed E-state index contributed by atoms with van der Waals surface area (Å²) in [6.45, 7) is 0.779. The summed E-state index contributed by atoms with van der Waals surface area (Å²) in [5.74, 6) is 1.40. The number of carbonyl (C=O) groups excluding carboxylic acids is 1. The summed E-state index contributed by atoms with van der Waals surface area (Å²) in [5, 5.41) is 3.79. The molecular formula is C19H25ClN2O3S. The zero-order valence-corrected chi connectivity index (χ0v) is 16.3. The van der Waals surface area contributed by atoms with Crippen molar-refractivity contribution in [3.8, 4) is 0 Å². The van der Waals surface area contributed by atoms with Gasteiger partial charge in [0, 0.05) is 30.1 Å². The molecule has 4 rings (SSSR count). The molecule has 0 atom stereocenters. The molecule has 26 heavy (non-hydrogen) atoms. The van der Waals surface area contributed by atoms with Crippen molar-refractivity contribution in [1.82, 2.24) is 9.62 Å². The summed E-state index contributed by atoms with van der Waals surface area (Å²) < 4.78 is 26.9. The molecule has 1 aromatic rings. The lowest BCUT2D eigenvalue weighted by Gasteiger charge is -2.31. The van der Waals surface area contributed by atoms with E-state index in [1.165, 1.54) is 42.1 Å². The Morgan fingerprint density at radius 2 is 1.54 bits per heavy atom. The third-order valence-electron chi connectivity index (χ3n) is 5.84. The van der Waals surface area contributed by atoms with Crippen LogP contribution in [0.25, 0.3) is 0 Å². The van der Waals surface area contributed by atoms with Crippen molar-refractivity contribution in [2.45, 2.75) is 49.5 Å². The minimum atomic E-state index is -3.51. The third kappa shape index (κ3) is 3.92. The first-order valence-electron chi connectivity index (χ1n) is 9.51. The van der Waals surface area contributed by atoms with Gasteiger partial charge in [0.15, 0.2) is 0 Å². The maximum absolute atomic E-state index is 12.7.